The van der Waals surface area contributed by atoms with Crippen LogP contribution in [0.3, 0.4) is 0 Å². The van der Waals surface area contributed by atoms with Crippen LogP contribution in [0.25, 0.3) is 11.3 Å². The van der Waals surface area contributed by atoms with Crippen LogP contribution in [-0.4, -0.2) is 36.4 Å². The molecule has 1 aliphatic rings. The molecule has 31 heavy (non-hydrogen) atoms. The molecule has 2 N–H and O–H groups in total. The van der Waals surface area contributed by atoms with Gasteiger partial charge in [-0.3, -0.25) is 4.79 Å². The summed E-state index contributed by atoms with van der Waals surface area (Å²) >= 11 is 5.89. The lowest BCUT2D eigenvalue weighted by Crippen LogP contribution is -2.20. The molecule has 0 unspecified atom stereocenters. The molecule has 0 bridgehead atoms. The van der Waals surface area contributed by atoms with Gasteiger partial charge in [0.05, 0.1) is 23.2 Å². The molecule has 1 aromatic heterocycles. The van der Waals surface area contributed by atoms with Crippen LogP contribution >= 0.6 is 11.6 Å². The van der Waals surface area contributed by atoms with Gasteiger partial charge in [0.15, 0.2) is 11.5 Å². The molecule has 158 valence electrons. The van der Waals surface area contributed by atoms with Crippen molar-refractivity contribution in [1.82, 2.24) is 5.43 Å². The lowest BCUT2D eigenvalue weighted by atomic mass is 10.1. The number of nitrogens with zero attached hydrogens (tertiary/aromatic N) is 1. The number of hydrogen-bond acceptors (Lipinski definition) is 6. The quantitative estimate of drug-likeness (QED) is 0.446. The first kappa shape index (κ1) is 20.5. The van der Waals surface area contributed by atoms with Crippen LogP contribution in [0.1, 0.15) is 21.7 Å². The van der Waals surface area contributed by atoms with Crippen LogP contribution in [0, 0.1) is 0 Å². The van der Waals surface area contributed by atoms with Gasteiger partial charge in [-0.15, -0.1) is 0 Å². The summed E-state index contributed by atoms with van der Waals surface area (Å²) in [4.78, 5) is 23.4. The number of hydrogen-bond donors (Lipinski definition) is 2. The molecule has 0 saturated heterocycles. The highest BCUT2D eigenvalue weighted by atomic mass is 35.5. The Balaban J connectivity index is 1.37. The van der Waals surface area contributed by atoms with Gasteiger partial charge in [-0.2, -0.15) is 5.10 Å². The fourth-order valence-electron chi connectivity index (χ4n) is 3.01. The number of amides is 1. The zero-order chi connectivity index (χ0) is 21.8. The third kappa shape index (κ3) is 4.87. The molecule has 1 amide bonds. The molecule has 0 fully saturated rings. The zero-order valence-electron chi connectivity index (χ0n) is 16.1. The van der Waals surface area contributed by atoms with E-state index in [0.717, 1.165) is 5.56 Å². The Labute approximate surface area is 182 Å². The first-order chi connectivity index (χ1) is 15.0. The van der Waals surface area contributed by atoms with Gasteiger partial charge in [0, 0.05) is 5.56 Å². The highest BCUT2D eigenvalue weighted by molar-refractivity contribution is 6.33. The first-order valence-corrected chi connectivity index (χ1v) is 9.71. The second kappa shape index (κ2) is 8.93. The fraction of sp³-hybridized carbons (Fsp3) is 0.136. The predicted octanol–water partition coefficient (Wildman–Crippen LogP) is 3.76. The number of benzene rings is 2. The highest BCUT2D eigenvalue weighted by Gasteiger charge is 2.14. The molecule has 0 atom stereocenters. The van der Waals surface area contributed by atoms with E-state index in [4.69, 9.17) is 25.5 Å². The number of hydrazone groups is 1. The summed E-state index contributed by atoms with van der Waals surface area (Å²) in [7, 11) is 0. The zero-order valence-corrected chi connectivity index (χ0v) is 16.9. The number of carboxylic acids is 1. The number of carbonyl (C=O) groups excluding carboxylic acids is 1. The van der Waals surface area contributed by atoms with Gasteiger partial charge < -0.3 is 19.0 Å². The maximum Gasteiger partial charge on any atom is 0.337 e. The molecule has 8 nitrogen and oxygen atoms in total. The monoisotopic (exact) mass is 440 g/mol. The molecule has 0 saturated carbocycles. The van der Waals surface area contributed by atoms with Crippen LogP contribution in [0.15, 0.2) is 58.0 Å². The molecule has 9 heteroatoms. The maximum absolute atomic E-state index is 12.1. The Morgan fingerprint density at radius 1 is 1.06 bits per heavy atom. The number of fused-ring (bicyclic) bond motifs is 1. The number of carboxylic acid groups (broad SMARTS) is 1. The van der Waals surface area contributed by atoms with Crippen molar-refractivity contribution in [1.29, 1.82) is 0 Å². The molecule has 4 rings (SSSR count). The van der Waals surface area contributed by atoms with Crippen molar-refractivity contribution in [2.24, 2.45) is 5.10 Å². The average molecular weight is 441 g/mol. The third-order valence-corrected chi connectivity index (χ3v) is 4.79. The molecule has 2 aromatic carbocycles. The Kier molecular flexibility index (Phi) is 5.90. The van der Waals surface area contributed by atoms with Crippen molar-refractivity contribution >= 4 is 29.7 Å². The number of furan rings is 1. The van der Waals surface area contributed by atoms with Crippen LogP contribution < -0.4 is 14.9 Å². The van der Waals surface area contributed by atoms with Crippen LogP contribution in [0.2, 0.25) is 5.02 Å². The third-order valence-electron chi connectivity index (χ3n) is 4.46. The van der Waals surface area contributed by atoms with E-state index in [-0.39, 0.29) is 22.9 Å². The average Bonchev–Trinajstić information content (AvgIpc) is 3.22. The van der Waals surface area contributed by atoms with Gasteiger partial charge in [0.25, 0.3) is 0 Å². The van der Waals surface area contributed by atoms with E-state index >= 15 is 0 Å². The number of halogens is 1. The van der Waals surface area contributed by atoms with Crippen molar-refractivity contribution in [3.05, 3.63) is 70.4 Å². The van der Waals surface area contributed by atoms with E-state index in [0.29, 0.717) is 41.8 Å². The second-order valence-electron chi connectivity index (χ2n) is 6.65. The van der Waals surface area contributed by atoms with E-state index in [9.17, 15) is 14.7 Å². The fourth-order valence-corrected chi connectivity index (χ4v) is 3.21. The minimum Gasteiger partial charge on any atom is -0.486 e. The molecule has 0 aliphatic carbocycles. The van der Waals surface area contributed by atoms with Gasteiger partial charge in [-0.05, 0) is 48.0 Å². The number of nitrogens with one attached hydrogen (secondary N) is 1. The topological polar surface area (TPSA) is 110 Å². The lowest BCUT2D eigenvalue weighted by Gasteiger charge is -2.18. The number of ether oxygens (including phenoxy) is 2. The Morgan fingerprint density at radius 2 is 1.87 bits per heavy atom. The normalized spacial score (nSPS) is 12.7. The van der Waals surface area contributed by atoms with Crippen LogP contribution in [0.5, 0.6) is 11.5 Å². The highest BCUT2D eigenvalue weighted by Crippen LogP contribution is 2.31. The minimum absolute atomic E-state index is 0.0165. The minimum atomic E-state index is -1.12. The summed E-state index contributed by atoms with van der Waals surface area (Å²) in [6.45, 7) is 0.987. The predicted molar refractivity (Wildman–Crippen MR) is 113 cm³/mol. The second-order valence-corrected chi connectivity index (χ2v) is 7.06. The van der Waals surface area contributed by atoms with E-state index in [1.165, 1.54) is 18.3 Å². The summed E-state index contributed by atoms with van der Waals surface area (Å²) in [5, 5.41) is 13.2. The summed E-state index contributed by atoms with van der Waals surface area (Å²) < 4.78 is 16.6. The number of aromatic carboxylic acids is 1. The van der Waals surface area contributed by atoms with Crippen molar-refractivity contribution < 1.29 is 28.6 Å². The van der Waals surface area contributed by atoms with E-state index in [2.05, 4.69) is 10.5 Å². The molecule has 0 radical (unpaired) electrons. The van der Waals surface area contributed by atoms with Gasteiger partial charge >= 0.3 is 5.97 Å². The Bertz CT molecular complexity index is 1170. The van der Waals surface area contributed by atoms with Crippen LogP contribution in [0.4, 0.5) is 0 Å². The molecule has 0 spiro atoms. The van der Waals surface area contributed by atoms with Crippen LogP contribution in [-0.2, 0) is 11.2 Å². The smallest absolute Gasteiger partial charge is 0.337 e. The summed E-state index contributed by atoms with van der Waals surface area (Å²) in [6, 6.07) is 13.3. The van der Waals surface area contributed by atoms with Crippen molar-refractivity contribution in [3.63, 3.8) is 0 Å². The van der Waals surface area contributed by atoms with E-state index in [1.807, 2.05) is 0 Å². The van der Waals surface area contributed by atoms with Gasteiger partial charge in [-0.25, -0.2) is 10.2 Å². The Hall–Kier alpha value is -3.78. The first-order valence-electron chi connectivity index (χ1n) is 9.33. The number of rotatable bonds is 6. The van der Waals surface area contributed by atoms with Crippen molar-refractivity contribution in [2.75, 3.05) is 13.2 Å². The van der Waals surface area contributed by atoms with Crippen molar-refractivity contribution in [3.8, 4) is 22.8 Å². The molecular formula is C22H17ClN2O6. The van der Waals surface area contributed by atoms with E-state index < -0.39 is 5.97 Å². The lowest BCUT2D eigenvalue weighted by molar-refractivity contribution is -0.120. The van der Waals surface area contributed by atoms with Gasteiger partial charge in [-0.1, -0.05) is 17.7 Å². The molecule has 3 aromatic rings. The molecular weight excluding hydrogens is 424 g/mol. The molecule has 2 heterocycles. The standard InChI is InChI=1S/C22H17ClN2O6/c23-17-4-2-14(11-16(17)22(27)28)18-6-3-15(31-18)12-24-25-21(26)10-13-1-5-19-20(9-13)30-8-7-29-19/h1-6,9,11-12H,7-8,10H2,(H,25,26)(H,27,28)/b24-12+. The largest absolute Gasteiger partial charge is 0.486 e. The number of carbonyl (C=O) groups is 2. The van der Waals surface area contributed by atoms with Gasteiger partial charge in [0.2, 0.25) is 5.91 Å². The van der Waals surface area contributed by atoms with Crippen molar-refractivity contribution in [2.45, 2.75) is 6.42 Å². The van der Waals surface area contributed by atoms with Gasteiger partial charge in [0.1, 0.15) is 24.7 Å². The summed E-state index contributed by atoms with van der Waals surface area (Å²) in [5.41, 5.74) is 3.76. The summed E-state index contributed by atoms with van der Waals surface area (Å²) in [6.07, 6.45) is 1.49. The molecule has 1 aliphatic heterocycles. The summed E-state index contributed by atoms with van der Waals surface area (Å²) in [5.74, 6) is 0.698. The Morgan fingerprint density at radius 3 is 2.68 bits per heavy atom. The van der Waals surface area contributed by atoms with E-state index in [1.54, 1.807) is 36.4 Å². The SMILES string of the molecule is O=C(Cc1ccc2c(c1)OCCO2)N/N=C/c1ccc(-c2ccc(Cl)c(C(=O)O)c2)o1. The maximum atomic E-state index is 12.1.